The average Bonchev–Trinajstić information content (AvgIpc) is 2.96. The third kappa shape index (κ3) is 3.29. The molecule has 3 nitrogen and oxygen atoms in total. The van der Waals surface area contributed by atoms with Crippen LogP contribution in [0.25, 0.3) is 0 Å². The average molecular weight is 287 g/mol. The maximum atomic E-state index is 4.29. The molecule has 1 aromatic heterocycles. The van der Waals surface area contributed by atoms with Crippen LogP contribution in [0.1, 0.15) is 51.5 Å². The van der Waals surface area contributed by atoms with Crippen LogP contribution in [0.4, 0.5) is 0 Å². The Morgan fingerprint density at radius 2 is 2.24 bits per heavy atom. The summed E-state index contributed by atoms with van der Waals surface area (Å²) < 4.78 is 0. The Kier molecular flexibility index (Phi) is 4.60. The molecule has 1 aromatic rings. The van der Waals surface area contributed by atoms with Gasteiger partial charge in [0.25, 0.3) is 0 Å². The van der Waals surface area contributed by atoms with Gasteiger partial charge in [-0.15, -0.1) is 0 Å². The topological polar surface area (TPSA) is 28.2 Å². The lowest BCUT2D eigenvalue weighted by Gasteiger charge is -2.48. The summed E-state index contributed by atoms with van der Waals surface area (Å²) in [6.07, 6.45) is 10.6. The quantitative estimate of drug-likeness (QED) is 0.921. The van der Waals surface area contributed by atoms with Gasteiger partial charge in [0.2, 0.25) is 0 Å². The Hall–Kier alpha value is -0.930. The van der Waals surface area contributed by atoms with Gasteiger partial charge in [-0.1, -0.05) is 39.2 Å². The zero-order chi connectivity index (χ0) is 14.7. The number of rotatable bonds is 4. The summed E-state index contributed by atoms with van der Waals surface area (Å²) in [5.41, 5.74) is 1.74. The van der Waals surface area contributed by atoms with Crippen molar-refractivity contribution >= 4 is 0 Å². The first kappa shape index (κ1) is 15.0. The molecular formula is C18H29N3. The predicted octanol–water partition coefficient (Wildman–Crippen LogP) is 3.21. The van der Waals surface area contributed by atoms with Crippen molar-refractivity contribution in [2.24, 2.45) is 5.92 Å². The van der Waals surface area contributed by atoms with E-state index in [1.807, 2.05) is 12.4 Å². The van der Waals surface area contributed by atoms with Gasteiger partial charge in [0.05, 0.1) is 0 Å². The Labute approximate surface area is 129 Å². The summed E-state index contributed by atoms with van der Waals surface area (Å²) >= 11 is 0. The van der Waals surface area contributed by atoms with Crippen LogP contribution < -0.4 is 5.32 Å². The fourth-order valence-corrected chi connectivity index (χ4v) is 4.13. The Bertz CT molecular complexity index is 439. The second kappa shape index (κ2) is 6.45. The van der Waals surface area contributed by atoms with Gasteiger partial charge in [0.15, 0.2) is 0 Å². The standard InChI is InChI=1S/C18H29N3/c1-3-15(2)17-12-20-18(8-4-5-9-18)14-21(17)13-16-7-6-10-19-11-16/h6-7,10-11,15,17,20H,3-5,8-9,12-14H2,1-2H3. The highest BCUT2D eigenvalue weighted by Crippen LogP contribution is 2.35. The first-order valence-electron chi connectivity index (χ1n) is 8.60. The van der Waals surface area contributed by atoms with Gasteiger partial charge >= 0.3 is 0 Å². The highest BCUT2D eigenvalue weighted by molar-refractivity contribution is 5.10. The summed E-state index contributed by atoms with van der Waals surface area (Å²) in [5.74, 6) is 0.743. The number of hydrogen-bond donors (Lipinski definition) is 1. The van der Waals surface area contributed by atoms with Crippen molar-refractivity contribution in [1.29, 1.82) is 0 Å². The molecule has 2 atom stereocenters. The van der Waals surface area contributed by atoms with E-state index >= 15 is 0 Å². The first-order chi connectivity index (χ1) is 10.2. The number of hydrogen-bond acceptors (Lipinski definition) is 3. The molecule has 3 heteroatoms. The molecule has 1 aliphatic heterocycles. The number of nitrogens with zero attached hydrogens (tertiary/aromatic N) is 2. The molecule has 0 aromatic carbocycles. The minimum atomic E-state index is 0.395. The van der Waals surface area contributed by atoms with Gasteiger partial charge in [-0.25, -0.2) is 0 Å². The van der Waals surface area contributed by atoms with Crippen LogP contribution >= 0.6 is 0 Å². The first-order valence-corrected chi connectivity index (χ1v) is 8.60. The molecule has 2 aliphatic rings. The smallest absolute Gasteiger partial charge is 0.0312 e. The monoisotopic (exact) mass is 287 g/mol. The molecule has 1 N–H and O–H groups in total. The van der Waals surface area contributed by atoms with Crippen LogP contribution in [0.2, 0.25) is 0 Å². The number of nitrogens with one attached hydrogen (secondary N) is 1. The molecule has 3 rings (SSSR count). The molecule has 0 bridgehead atoms. The van der Waals surface area contributed by atoms with Crippen LogP contribution in [-0.4, -0.2) is 34.6 Å². The SMILES string of the molecule is CCC(C)C1CNC2(CCCC2)CN1Cc1cccnc1. The summed E-state index contributed by atoms with van der Waals surface area (Å²) in [5, 5.41) is 3.92. The number of piperazine rings is 1. The van der Waals surface area contributed by atoms with Gasteiger partial charge in [0, 0.05) is 43.6 Å². The van der Waals surface area contributed by atoms with Crippen LogP contribution in [0, 0.1) is 5.92 Å². The molecule has 116 valence electrons. The second-order valence-corrected chi connectivity index (χ2v) is 7.09. The second-order valence-electron chi connectivity index (χ2n) is 7.09. The molecule has 0 amide bonds. The Morgan fingerprint density at radius 3 is 2.90 bits per heavy atom. The minimum absolute atomic E-state index is 0.395. The van der Waals surface area contributed by atoms with Crippen molar-refractivity contribution in [1.82, 2.24) is 15.2 Å². The van der Waals surface area contributed by atoms with Crippen LogP contribution in [0.5, 0.6) is 0 Å². The van der Waals surface area contributed by atoms with E-state index in [1.165, 1.54) is 44.2 Å². The lowest BCUT2D eigenvalue weighted by Crippen LogP contribution is -2.64. The van der Waals surface area contributed by atoms with Crippen molar-refractivity contribution in [3.05, 3.63) is 30.1 Å². The molecule has 1 saturated carbocycles. The van der Waals surface area contributed by atoms with Crippen molar-refractivity contribution in [2.45, 2.75) is 64.1 Å². The Balaban J connectivity index is 1.76. The summed E-state index contributed by atoms with van der Waals surface area (Å²) in [6.45, 7) is 8.11. The van der Waals surface area contributed by atoms with E-state index in [4.69, 9.17) is 0 Å². The molecule has 2 fully saturated rings. The Morgan fingerprint density at radius 1 is 1.43 bits per heavy atom. The largest absolute Gasteiger partial charge is 0.308 e. The highest BCUT2D eigenvalue weighted by Gasteiger charge is 2.41. The fraction of sp³-hybridized carbons (Fsp3) is 0.722. The normalized spacial score (nSPS) is 27.0. The molecular weight excluding hydrogens is 258 g/mol. The third-order valence-corrected chi connectivity index (χ3v) is 5.63. The predicted molar refractivity (Wildman–Crippen MR) is 87.1 cm³/mol. The molecule has 1 spiro atoms. The van der Waals surface area contributed by atoms with E-state index in [0.29, 0.717) is 11.6 Å². The summed E-state index contributed by atoms with van der Waals surface area (Å²) in [6, 6.07) is 4.92. The van der Waals surface area contributed by atoms with Crippen molar-refractivity contribution in [3.8, 4) is 0 Å². The summed E-state index contributed by atoms with van der Waals surface area (Å²) in [7, 11) is 0. The molecule has 1 aliphatic carbocycles. The lowest BCUT2D eigenvalue weighted by molar-refractivity contribution is 0.0455. The number of aromatic nitrogens is 1. The van der Waals surface area contributed by atoms with Gasteiger partial charge < -0.3 is 5.32 Å². The van der Waals surface area contributed by atoms with E-state index < -0.39 is 0 Å². The number of pyridine rings is 1. The summed E-state index contributed by atoms with van der Waals surface area (Å²) in [4.78, 5) is 7.02. The van der Waals surface area contributed by atoms with Gasteiger partial charge in [0.1, 0.15) is 0 Å². The third-order valence-electron chi connectivity index (χ3n) is 5.63. The maximum absolute atomic E-state index is 4.29. The van der Waals surface area contributed by atoms with Crippen molar-refractivity contribution in [2.75, 3.05) is 13.1 Å². The van der Waals surface area contributed by atoms with Crippen molar-refractivity contribution < 1.29 is 0 Å². The van der Waals surface area contributed by atoms with E-state index in [0.717, 1.165) is 19.0 Å². The van der Waals surface area contributed by atoms with E-state index in [2.05, 4.69) is 41.2 Å². The zero-order valence-corrected chi connectivity index (χ0v) is 13.5. The lowest BCUT2D eigenvalue weighted by atomic mass is 9.87. The van der Waals surface area contributed by atoms with Crippen LogP contribution in [-0.2, 0) is 6.54 Å². The van der Waals surface area contributed by atoms with Crippen LogP contribution in [0.15, 0.2) is 24.5 Å². The highest BCUT2D eigenvalue weighted by atomic mass is 15.3. The van der Waals surface area contributed by atoms with E-state index in [1.54, 1.807) is 0 Å². The zero-order valence-electron chi connectivity index (χ0n) is 13.5. The van der Waals surface area contributed by atoms with E-state index in [-0.39, 0.29) is 0 Å². The fourth-order valence-electron chi connectivity index (χ4n) is 4.13. The molecule has 2 heterocycles. The molecule has 2 unspecified atom stereocenters. The molecule has 1 saturated heterocycles. The van der Waals surface area contributed by atoms with Gasteiger partial charge in [-0.3, -0.25) is 9.88 Å². The van der Waals surface area contributed by atoms with E-state index in [9.17, 15) is 0 Å². The molecule has 21 heavy (non-hydrogen) atoms. The molecule has 0 radical (unpaired) electrons. The van der Waals surface area contributed by atoms with Crippen molar-refractivity contribution in [3.63, 3.8) is 0 Å². The van der Waals surface area contributed by atoms with Gasteiger partial charge in [-0.2, -0.15) is 0 Å². The van der Waals surface area contributed by atoms with Gasteiger partial charge in [-0.05, 0) is 30.4 Å². The van der Waals surface area contributed by atoms with Crippen LogP contribution in [0.3, 0.4) is 0 Å². The maximum Gasteiger partial charge on any atom is 0.0312 e. The minimum Gasteiger partial charge on any atom is -0.308 e.